The van der Waals surface area contributed by atoms with Crippen molar-refractivity contribution in [1.82, 2.24) is 14.8 Å². The van der Waals surface area contributed by atoms with Gasteiger partial charge in [0.05, 0.1) is 16.5 Å². The van der Waals surface area contributed by atoms with Gasteiger partial charge in [-0.2, -0.15) is 0 Å². The summed E-state index contributed by atoms with van der Waals surface area (Å²) in [5.41, 5.74) is 1.65. The van der Waals surface area contributed by atoms with Gasteiger partial charge in [0.15, 0.2) is 11.0 Å². The van der Waals surface area contributed by atoms with Gasteiger partial charge in [-0.15, -0.1) is 10.2 Å². The minimum atomic E-state index is -0.192. The Morgan fingerprint density at radius 1 is 1.21 bits per heavy atom. The van der Waals surface area contributed by atoms with Crippen molar-refractivity contribution in [3.05, 3.63) is 63.9 Å². The second-order valence-corrected chi connectivity index (χ2v) is 8.00. The topological polar surface area (TPSA) is 69.0 Å². The zero-order valence-corrected chi connectivity index (χ0v) is 18.3. The zero-order chi connectivity index (χ0) is 20.8. The van der Waals surface area contributed by atoms with Crippen molar-refractivity contribution >= 4 is 46.6 Å². The maximum absolute atomic E-state index is 12.3. The standard InChI is InChI=1S/C20H20Cl2N4O2S/c1-3-26-18(11-28-15-6-4-5-13(2)9-15)24-25-20(26)29-12-19(27)23-17-8-7-14(21)10-16(17)22/h4-10H,3,11-12H2,1-2H3,(H,23,27). The molecule has 0 radical (unpaired) electrons. The molecule has 0 saturated carbocycles. The summed E-state index contributed by atoms with van der Waals surface area (Å²) < 4.78 is 7.75. The highest BCUT2D eigenvalue weighted by Gasteiger charge is 2.14. The van der Waals surface area contributed by atoms with Crippen LogP contribution in [0.3, 0.4) is 0 Å². The fraction of sp³-hybridized carbons (Fsp3) is 0.250. The molecule has 1 amide bonds. The van der Waals surface area contributed by atoms with Crippen LogP contribution in [-0.2, 0) is 17.9 Å². The van der Waals surface area contributed by atoms with E-state index in [0.717, 1.165) is 11.3 Å². The lowest BCUT2D eigenvalue weighted by atomic mass is 10.2. The van der Waals surface area contributed by atoms with Gasteiger partial charge in [-0.25, -0.2) is 0 Å². The summed E-state index contributed by atoms with van der Waals surface area (Å²) in [6.07, 6.45) is 0. The molecule has 1 N–H and O–H groups in total. The molecule has 0 spiro atoms. The molecule has 0 aliphatic heterocycles. The van der Waals surface area contributed by atoms with Gasteiger partial charge in [0.25, 0.3) is 0 Å². The van der Waals surface area contributed by atoms with Crippen molar-refractivity contribution in [3.8, 4) is 5.75 Å². The molecule has 0 fully saturated rings. The third kappa shape index (κ3) is 5.88. The number of amides is 1. The first-order chi connectivity index (χ1) is 14.0. The van der Waals surface area contributed by atoms with Gasteiger partial charge in [-0.3, -0.25) is 4.79 Å². The predicted octanol–water partition coefficient (Wildman–Crippen LogP) is 5.22. The molecule has 6 nitrogen and oxygen atoms in total. The van der Waals surface area contributed by atoms with Crippen molar-refractivity contribution in [2.24, 2.45) is 0 Å². The normalized spacial score (nSPS) is 10.8. The van der Waals surface area contributed by atoms with Crippen LogP contribution < -0.4 is 10.1 Å². The average molecular weight is 451 g/mol. The van der Waals surface area contributed by atoms with Crippen LogP contribution in [0.5, 0.6) is 5.75 Å². The Bertz CT molecular complexity index is 1010. The number of aromatic nitrogens is 3. The molecule has 0 atom stereocenters. The quantitative estimate of drug-likeness (QED) is 0.476. The molecule has 0 unspecified atom stereocenters. The van der Waals surface area contributed by atoms with E-state index in [1.165, 1.54) is 11.8 Å². The summed E-state index contributed by atoms with van der Waals surface area (Å²) in [5, 5.41) is 12.7. The van der Waals surface area contributed by atoms with Crippen LogP contribution >= 0.6 is 35.0 Å². The lowest BCUT2D eigenvalue weighted by Gasteiger charge is -2.10. The number of thioether (sulfide) groups is 1. The highest BCUT2D eigenvalue weighted by molar-refractivity contribution is 7.99. The number of benzene rings is 2. The third-order valence-electron chi connectivity index (χ3n) is 4.00. The molecular formula is C20H20Cl2N4O2S. The second-order valence-electron chi connectivity index (χ2n) is 6.21. The summed E-state index contributed by atoms with van der Waals surface area (Å²) >= 11 is 13.3. The van der Waals surface area contributed by atoms with E-state index in [9.17, 15) is 4.79 Å². The van der Waals surface area contributed by atoms with E-state index in [4.69, 9.17) is 27.9 Å². The van der Waals surface area contributed by atoms with Gasteiger partial charge in [0, 0.05) is 11.6 Å². The van der Waals surface area contributed by atoms with Gasteiger partial charge < -0.3 is 14.6 Å². The average Bonchev–Trinajstić information content (AvgIpc) is 3.09. The Hall–Kier alpha value is -2.22. The molecule has 29 heavy (non-hydrogen) atoms. The number of carbonyl (C=O) groups is 1. The number of anilines is 1. The van der Waals surface area contributed by atoms with Crippen molar-refractivity contribution < 1.29 is 9.53 Å². The van der Waals surface area contributed by atoms with Gasteiger partial charge in [0.1, 0.15) is 12.4 Å². The number of halogens is 2. The Kier molecular flexibility index (Phi) is 7.41. The predicted molar refractivity (Wildman–Crippen MR) is 117 cm³/mol. The first kappa shape index (κ1) is 21.5. The molecular weight excluding hydrogens is 431 g/mol. The number of carbonyl (C=O) groups excluding carboxylic acids is 1. The van der Waals surface area contributed by atoms with Crippen molar-refractivity contribution in [2.75, 3.05) is 11.1 Å². The molecule has 0 aliphatic carbocycles. The largest absolute Gasteiger partial charge is 0.486 e. The smallest absolute Gasteiger partial charge is 0.234 e. The summed E-state index contributed by atoms with van der Waals surface area (Å²) in [5.74, 6) is 1.47. The molecule has 3 aromatic rings. The Balaban J connectivity index is 1.58. The van der Waals surface area contributed by atoms with E-state index >= 15 is 0 Å². The minimum Gasteiger partial charge on any atom is -0.486 e. The molecule has 2 aromatic carbocycles. The molecule has 152 valence electrons. The first-order valence-electron chi connectivity index (χ1n) is 8.95. The van der Waals surface area contributed by atoms with E-state index in [1.807, 2.05) is 42.7 Å². The van der Waals surface area contributed by atoms with Crippen LogP contribution in [0, 0.1) is 6.92 Å². The van der Waals surface area contributed by atoms with Crippen LogP contribution in [0.4, 0.5) is 5.69 Å². The van der Waals surface area contributed by atoms with Crippen LogP contribution in [-0.4, -0.2) is 26.4 Å². The highest BCUT2D eigenvalue weighted by atomic mass is 35.5. The fourth-order valence-corrected chi connectivity index (χ4v) is 3.89. The first-order valence-corrected chi connectivity index (χ1v) is 10.7. The SMILES string of the molecule is CCn1c(COc2cccc(C)c2)nnc1SCC(=O)Nc1ccc(Cl)cc1Cl. The number of nitrogens with zero attached hydrogens (tertiary/aromatic N) is 3. The maximum Gasteiger partial charge on any atom is 0.234 e. The van der Waals surface area contributed by atoms with Gasteiger partial charge in [0.2, 0.25) is 5.91 Å². The van der Waals surface area contributed by atoms with E-state index < -0.39 is 0 Å². The number of ether oxygens (including phenoxy) is 1. The lowest BCUT2D eigenvalue weighted by molar-refractivity contribution is -0.113. The van der Waals surface area contributed by atoms with Crippen molar-refractivity contribution in [1.29, 1.82) is 0 Å². The molecule has 1 aromatic heterocycles. The minimum absolute atomic E-state index is 0.176. The van der Waals surface area contributed by atoms with Gasteiger partial charge in [-0.1, -0.05) is 47.1 Å². The monoisotopic (exact) mass is 450 g/mol. The van der Waals surface area contributed by atoms with Gasteiger partial charge >= 0.3 is 0 Å². The van der Waals surface area contributed by atoms with E-state index in [2.05, 4.69) is 15.5 Å². The third-order valence-corrected chi connectivity index (χ3v) is 5.52. The van der Waals surface area contributed by atoms with E-state index in [-0.39, 0.29) is 11.7 Å². The Morgan fingerprint density at radius 3 is 2.76 bits per heavy atom. The summed E-state index contributed by atoms with van der Waals surface area (Å²) in [7, 11) is 0. The van der Waals surface area contributed by atoms with Crippen LogP contribution in [0.2, 0.25) is 10.0 Å². The molecule has 1 heterocycles. The molecule has 0 saturated heterocycles. The number of hydrogen-bond donors (Lipinski definition) is 1. The number of nitrogens with one attached hydrogen (secondary N) is 1. The van der Waals surface area contributed by atoms with Crippen LogP contribution in [0.15, 0.2) is 47.6 Å². The highest BCUT2D eigenvalue weighted by Crippen LogP contribution is 2.26. The number of hydrogen-bond acceptors (Lipinski definition) is 5. The molecule has 0 aliphatic rings. The summed E-state index contributed by atoms with van der Waals surface area (Å²) in [6, 6.07) is 12.8. The summed E-state index contributed by atoms with van der Waals surface area (Å²) in [4.78, 5) is 12.3. The van der Waals surface area contributed by atoms with Gasteiger partial charge in [-0.05, 0) is 49.7 Å². The molecule has 3 rings (SSSR count). The number of aryl methyl sites for hydroxylation is 1. The summed E-state index contributed by atoms with van der Waals surface area (Å²) in [6.45, 7) is 4.99. The Morgan fingerprint density at radius 2 is 2.03 bits per heavy atom. The fourth-order valence-electron chi connectivity index (χ4n) is 2.61. The van der Waals surface area contributed by atoms with Crippen LogP contribution in [0.25, 0.3) is 0 Å². The van der Waals surface area contributed by atoms with E-state index in [1.54, 1.807) is 18.2 Å². The lowest BCUT2D eigenvalue weighted by Crippen LogP contribution is -2.15. The molecule has 0 bridgehead atoms. The zero-order valence-electron chi connectivity index (χ0n) is 16.0. The van der Waals surface area contributed by atoms with E-state index in [0.29, 0.717) is 39.9 Å². The second kappa shape index (κ2) is 10.0. The molecule has 9 heteroatoms. The van der Waals surface area contributed by atoms with Crippen LogP contribution in [0.1, 0.15) is 18.3 Å². The van der Waals surface area contributed by atoms with Crippen molar-refractivity contribution in [3.63, 3.8) is 0 Å². The maximum atomic E-state index is 12.3. The Labute approximate surface area is 183 Å². The number of rotatable bonds is 8. The van der Waals surface area contributed by atoms with Crippen molar-refractivity contribution in [2.45, 2.75) is 32.2 Å².